The molecule has 18 heavy (non-hydrogen) atoms. The third kappa shape index (κ3) is 7.10. The molecule has 106 valence electrons. The van der Waals surface area contributed by atoms with Gasteiger partial charge in [-0.05, 0) is 36.9 Å². The predicted octanol–water partition coefficient (Wildman–Crippen LogP) is 0.409. The lowest BCUT2D eigenvalue weighted by molar-refractivity contribution is -0.142. The summed E-state index contributed by atoms with van der Waals surface area (Å²) in [6.07, 6.45) is 4.57. The number of carbonyl (C=O) groups is 2. The molecule has 0 rings (SSSR count). The van der Waals surface area contributed by atoms with Crippen molar-refractivity contribution < 1.29 is 19.9 Å². The highest BCUT2D eigenvalue weighted by atomic mass is 32.2. The molecule has 0 saturated heterocycles. The second-order valence-corrected chi connectivity index (χ2v) is 5.62. The zero-order chi connectivity index (χ0) is 14.0. The van der Waals surface area contributed by atoms with E-state index in [1.165, 1.54) is 11.8 Å². The molecule has 0 aromatic rings. The minimum absolute atomic E-state index is 0.364. The summed E-state index contributed by atoms with van der Waals surface area (Å²) in [6.45, 7) is 0. The molecule has 0 heterocycles. The molecule has 0 fully saturated rings. The van der Waals surface area contributed by atoms with Crippen LogP contribution >= 0.6 is 23.5 Å². The lowest BCUT2D eigenvalue weighted by atomic mass is 10.2. The van der Waals surface area contributed by atoms with E-state index in [1.54, 1.807) is 11.8 Å². The summed E-state index contributed by atoms with van der Waals surface area (Å²) in [6, 6.07) is -1.68. The molecule has 0 aliphatic rings. The number of hydroxylamine groups is 1. The molecule has 0 aliphatic heterocycles. The Morgan fingerprint density at radius 2 is 1.61 bits per heavy atom. The third-order valence-electron chi connectivity index (χ3n) is 2.31. The average Bonchev–Trinajstić information content (AvgIpc) is 2.34. The maximum Gasteiger partial charge on any atom is 0.326 e. The van der Waals surface area contributed by atoms with Crippen molar-refractivity contribution in [2.75, 3.05) is 24.0 Å². The summed E-state index contributed by atoms with van der Waals surface area (Å²) in [7, 11) is 0. The lowest BCUT2D eigenvalue weighted by Gasteiger charge is -2.18. The number of hydrogen-bond acceptors (Lipinski definition) is 6. The number of carbonyl (C=O) groups excluding carboxylic acids is 1. The van der Waals surface area contributed by atoms with E-state index >= 15 is 0 Å². The molecule has 0 radical (unpaired) electrons. The van der Waals surface area contributed by atoms with Crippen LogP contribution in [0.2, 0.25) is 0 Å². The molecule has 0 aliphatic carbocycles. The number of hydrogen-bond donors (Lipinski definition) is 4. The van der Waals surface area contributed by atoms with Crippen LogP contribution in [0.25, 0.3) is 0 Å². The van der Waals surface area contributed by atoms with Crippen molar-refractivity contribution in [2.45, 2.75) is 24.9 Å². The molecule has 1 amide bonds. The molecule has 8 heteroatoms. The molecule has 0 aromatic heterocycles. The fraction of sp³-hybridized carbons (Fsp3) is 0.800. The second kappa shape index (κ2) is 10.5. The number of aliphatic carboxylic acids is 1. The summed E-state index contributed by atoms with van der Waals surface area (Å²) < 4.78 is 0. The Bertz CT molecular complexity index is 266. The largest absolute Gasteiger partial charge is 0.480 e. The van der Waals surface area contributed by atoms with E-state index in [9.17, 15) is 9.59 Å². The van der Waals surface area contributed by atoms with Gasteiger partial charge in [-0.1, -0.05) is 0 Å². The van der Waals surface area contributed by atoms with Crippen molar-refractivity contribution in [3.63, 3.8) is 0 Å². The standard InChI is InChI=1S/C10H20N2O4S2/c1-17-5-3-7(12-16)9(13)11-8(10(14)15)4-6-18-2/h7-8,12,16H,3-6H2,1-2H3,(H,11,13)(H,14,15)/t7-,8-/m0/s1. The van der Waals surface area contributed by atoms with Gasteiger partial charge in [0.15, 0.2) is 0 Å². The van der Waals surface area contributed by atoms with E-state index in [0.717, 1.165) is 0 Å². The van der Waals surface area contributed by atoms with Gasteiger partial charge in [0, 0.05) is 0 Å². The van der Waals surface area contributed by atoms with E-state index in [-0.39, 0.29) is 0 Å². The Morgan fingerprint density at radius 1 is 1.11 bits per heavy atom. The SMILES string of the molecule is CSCC[C@H](NC(=O)[C@H](CCSC)NO)C(=O)O. The zero-order valence-electron chi connectivity index (χ0n) is 10.5. The van der Waals surface area contributed by atoms with Gasteiger partial charge in [-0.25, -0.2) is 4.79 Å². The van der Waals surface area contributed by atoms with Gasteiger partial charge in [-0.15, -0.1) is 0 Å². The van der Waals surface area contributed by atoms with Crippen LogP contribution in [0.15, 0.2) is 0 Å². The number of nitrogens with one attached hydrogen (secondary N) is 2. The smallest absolute Gasteiger partial charge is 0.326 e. The van der Waals surface area contributed by atoms with Crippen LogP contribution in [0, 0.1) is 0 Å². The van der Waals surface area contributed by atoms with E-state index < -0.39 is 24.0 Å². The zero-order valence-corrected chi connectivity index (χ0v) is 12.1. The number of carboxylic acid groups (broad SMARTS) is 1. The highest BCUT2D eigenvalue weighted by molar-refractivity contribution is 7.98. The van der Waals surface area contributed by atoms with E-state index in [4.69, 9.17) is 10.3 Å². The first kappa shape index (κ1) is 17.6. The van der Waals surface area contributed by atoms with E-state index in [1.807, 2.05) is 18.0 Å². The quantitative estimate of drug-likeness (QED) is 0.433. The van der Waals surface area contributed by atoms with Crippen LogP contribution in [-0.2, 0) is 9.59 Å². The van der Waals surface area contributed by atoms with Crippen LogP contribution in [0.3, 0.4) is 0 Å². The van der Waals surface area contributed by atoms with Crippen molar-refractivity contribution >= 4 is 35.4 Å². The van der Waals surface area contributed by atoms with Crippen molar-refractivity contribution in [3.05, 3.63) is 0 Å². The third-order valence-corrected chi connectivity index (χ3v) is 3.60. The molecule has 0 unspecified atom stereocenters. The minimum atomic E-state index is -1.06. The first-order valence-corrected chi connectivity index (χ1v) is 8.26. The predicted molar refractivity (Wildman–Crippen MR) is 74.3 cm³/mol. The maximum atomic E-state index is 11.7. The second-order valence-electron chi connectivity index (χ2n) is 3.64. The number of amides is 1. The maximum absolute atomic E-state index is 11.7. The van der Waals surface area contributed by atoms with Gasteiger partial charge in [-0.3, -0.25) is 4.79 Å². The molecular formula is C10H20N2O4S2. The van der Waals surface area contributed by atoms with Gasteiger partial charge >= 0.3 is 5.97 Å². The summed E-state index contributed by atoms with van der Waals surface area (Å²) in [5.41, 5.74) is 1.91. The Balaban J connectivity index is 4.32. The number of carboxylic acids is 1. The number of rotatable bonds is 10. The molecule has 0 saturated carbocycles. The van der Waals surface area contributed by atoms with Crippen molar-refractivity contribution in [2.24, 2.45) is 0 Å². The van der Waals surface area contributed by atoms with Gasteiger partial charge < -0.3 is 15.6 Å². The summed E-state index contributed by atoms with van der Waals surface area (Å²) in [5.74, 6) is -0.188. The van der Waals surface area contributed by atoms with Crippen LogP contribution in [0.1, 0.15) is 12.8 Å². The lowest BCUT2D eigenvalue weighted by Crippen LogP contribution is -2.49. The summed E-state index contributed by atoms with van der Waals surface area (Å²) >= 11 is 3.07. The van der Waals surface area contributed by atoms with Gasteiger partial charge in [-0.2, -0.15) is 29.0 Å². The fourth-order valence-electron chi connectivity index (χ4n) is 1.26. The van der Waals surface area contributed by atoms with Gasteiger partial charge in [0.1, 0.15) is 12.1 Å². The Labute approximate surface area is 115 Å². The summed E-state index contributed by atoms with van der Waals surface area (Å²) in [5, 5.41) is 20.3. The van der Waals surface area contributed by atoms with Gasteiger partial charge in [0.05, 0.1) is 0 Å². The highest BCUT2D eigenvalue weighted by Crippen LogP contribution is 2.04. The van der Waals surface area contributed by atoms with Crippen molar-refractivity contribution in [1.29, 1.82) is 0 Å². The fourth-order valence-corrected chi connectivity index (χ4v) is 2.20. The Hall–Kier alpha value is -0.440. The monoisotopic (exact) mass is 296 g/mol. The van der Waals surface area contributed by atoms with Crippen LogP contribution in [0.5, 0.6) is 0 Å². The minimum Gasteiger partial charge on any atom is -0.480 e. The molecule has 0 aromatic carbocycles. The van der Waals surface area contributed by atoms with E-state index in [0.29, 0.717) is 24.3 Å². The Kier molecular flexibility index (Phi) is 10.2. The topological polar surface area (TPSA) is 98.7 Å². The van der Waals surface area contributed by atoms with E-state index in [2.05, 4.69) is 5.32 Å². The molecule has 0 spiro atoms. The van der Waals surface area contributed by atoms with Gasteiger partial charge in [0.2, 0.25) is 5.91 Å². The van der Waals surface area contributed by atoms with Crippen molar-refractivity contribution in [1.82, 2.24) is 10.8 Å². The molecule has 6 nitrogen and oxygen atoms in total. The van der Waals surface area contributed by atoms with Gasteiger partial charge in [0.25, 0.3) is 0 Å². The van der Waals surface area contributed by atoms with Crippen LogP contribution in [-0.4, -0.2) is 58.3 Å². The molecule has 2 atom stereocenters. The number of thioether (sulfide) groups is 2. The first-order chi connectivity index (χ1) is 8.56. The molecule has 4 N–H and O–H groups in total. The molecule has 0 bridgehead atoms. The van der Waals surface area contributed by atoms with Crippen LogP contribution < -0.4 is 10.8 Å². The highest BCUT2D eigenvalue weighted by Gasteiger charge is 2.24. The van der Waals surface area contributed by atoms with Crippen LogP contribution in [0.4, 0.5) is 0 Å². The molecular weight excluding hydrogens is 276 g/mol. The summed E-state index contributed by atoms with van der Waals surface area (Å²) in [4.78, 5) is 22.7. The van der Waals surface area contributed by atoms with Crippen molar-refractivity contribution in [3.8, 4) is 0 Å². The normalized spacial score (nSPS) is 13.9. The Morgan fingerprint density at radius 3 is 2.00 bits per heavy atom. The first-order valence-electron chi connectivity index (χ1n) is 5.47. The average molecular weight is 296 g/mol.